The first kappa shape index (κ1) is 11.5. The van der Waals surface area contributed by atoms with Gasteiger partial charge in [-0.1, -0.05) is 6.07 Å². The van der Waals surface area contributed by atoms with E-state index in [4.69, 9.17) is 5.73 Å². The molecular weight excluding hydrogens is 190 g/mol. The molecule has 0 atom stereocenters. The molecule has 1 amide bonds. The van der Waals surface area contributed by atoms with Gasteiger partial charge in [0.15, 0.2) is 0 Å². The summed E-state index contributed by atoms with van der Waals surface area (Å²) < 4.78 is 0. The lowest BCUT2D eigenvalue weighted by molar-refractivity contribution is -0.125. The van der Waals surface area contributed by atoms with Gasteiger partial charge in [0, 0.05) is 12.7 Å². The summed E-state index contributed by atoms with van der Waals surface area (Å²) in [5.41, 5.74) is 5.76. The summed E-state index contributed by atoms with van der Waals surface area (Å²) in [7, 11) is 0. The second-order valence-electron chi connectivity index (χ2n) is 4.27. The maximum atomic E-state index is 11.1. The number of aromatic nitrogens is 1. The van der Waals surface area contributed by atoms with Crippen LogP contribution in [0.1, 0.15) is 19.4 Å². The van der Waals surface area contributed by atoms with Gasteiger partial charge in [-0.25, -0.2) is 4.98 Å². The van der Waals surface area contributed by atoms with E-state index < -0.39 is 5.41 Å². The van der Waals surface area contributed by atoms with Gasteiger partial charge in [-0.05, 0) is 32.4 Å². The summed E-state index contributed by atoms with van der Waals surface area (Å²) in [4.78, 5) is 15.3. The lowest BCUT2D eigenvalue weighted by atomic mass is 9.93. The van der Waals surface area contributed by atoms with Gasteiger partial charge in [0.05, 0.1) is 5.41 Å². The summed E-state index contributed by atoms with van der Waals surface area (Å²) in [6, 6.07) is 3.84. The van der Waals surface area contributed by atoms with Crippen molar-refractivity contribution < 1.29 is 4.79 Å². The molecule has 0 spiro atoms. The number of primary amides is 1. The van der Waals surface area contributed by atoms with Crippen LogP contribution in [-0.4, -0.2) is 17.4 Å². The van der Waals surface area contributed by atoms with Crippen LogP contribution < -0.4 is 11.1 Å². The maximum Gasteiger partial charge on any atom is 0.224 e. The van der Waals surface area contributed by atoms with E-state index in [0.29, 0.717) is 6.54 Å². The molecule has 0 radical (unpaired) electrons. The zero-order valence-corrected chi connectivity index (χ0v) is 9.37. The molecule has 0 aromatic carbocycles. The zero-order valence-electron chi connectivity index (χ0n) is 9.37. The van der Waals surface area contributed by atoms with Crippen LogP contribution in [0.4, 0.5) is 5.82 Å². The second kappa shape index (κ2) is 4.29. The van der Waals surface area contributed by atoms with Crippen molar-refractivity contribution in [2.45, 2.75) is 20.8 Å². The number of aryl methyl sites for hydroxylation is 1. The van der Waals surface area contributed by atoms with Crippen molar-refractivity contribution in [1.82, 2.24) is 4.98 Å². The van der Waals surface area contributed by atoms with Crippen molar-refractivity contribution in [2.24, 2.45) is 11.1 Å². The van der Waals surface area contributed by atoms with E-state index in [1.165, 1.54) is 0 Å². The molecule has 0 bridgehead atoms. The van der Waals surface area contributed by atoms with Crippen molar-refractivity contribution in [2.75, 3.05) is 11.9 Å². The summed E-state index contributed by atoms with van der Waals surface area (Å²) in [5, 5.41) is 3.12. The van der Waals surface area contributed by atoms with Crippen LogP contribution in [0.2, 0.25) is 0 Å². The molecule has 0 saturated carbocycles. The van der Waals surface area contributed by atoms with Crippen LogP contribution in [0.25, 0.3) is 0 Å². The quantitative estimate of drug-likeness (QED) is 0.782. The Labute approximate surface area is 89.9 Å². The van der Waals surface area contributed by atoms with Crippen LogP contribution in [0.3, 0.4) is 0 Å². The highest BCUT2D eigenvalue weighted by molar-refractivity contribution is 5.80. The van der Waals surface area contributed by atoms with Crippen LogP contribution in [0.5, 0.6) is 0 Å². The Morgan fingerprint density at radius 1 is 1.60 bits per heavy atom. The Kier molecular flexibility index (Phi) is 3.29. The fraction of sp³-hybridized carbons (Fsp3) is 0.455. The largest absolute Gasteiger partial charge is 0.369 e. The van der Waals surface area contributed by atoms with Gasteiger partial charge in [0.2, 0.25) is 5.91 Å². The van der Waals surface area contributed by atoms with E-state index in [1.54, 1.807) is 20.0 Å². The number of amides is 1. The van der Waals surface area contributed by atoms with Gasteiger partial charge >= 0.3 is 0 Å². The monoisotopic (exact) mass is 207 g/mol. The number of nitrogens with one attached hydrogen (secondary N) is 1. The van der Waals surface area contributed by atoms with E-state index in [2.05, 4.69) is 10.3 Å². The molecule has 0 aliphatic heterocycles. The molecule has 0 unspecified atom stereocenters. The highest BCUT2D eigenvalue weighted by atomic mass is 16.1. The number of anilines is 1. The van der Waals surface area contributed by atoms with Crippen molar-refractivity contribution in [3.63, 3.8) is 0 Å². The van der Waals surface area contributed by atoms with Crippen molar-refractivity contribution >= 4 is 11.7 Å². The Bertz CT molecular complexity index is 361. The minimum absolute atomic E-state index is 0.316. The summed E-state index contributed by atoms with van der Waals surface area (Å²) >= 11 is 0. The highest BCUT2D eigenvalue weighted by Gasteiger charge is 2.24. The van der Waals surface area contributed by atoms with Gasteiger partial charge in [-0.15, -0.1) is 0 Å². The second-order valence-corrected chi connectivity index (χ2v) is 4.27. The number of nitrogens with zero attached hydrogens (tertiary/aromatic N) is 1. The lowest BCUT2D eigenvalue weighted by Gasteiger charge is -2.21. The average Bonchev–Trinajstić information content (AvgIpc) is 2.16. The Morgan fingerprint density at radius 3 is 2.80 bits per heavy atom. The van der Waals surface area contributed by atoms with Gasteiger partial charge in [0.1, 0.15) is 5.82 Å². The van der Waals surface area contributed by atoms with Crippen molar-refractivity contribution in [1.29, 1.82) is 0 Å². The minimum Gasteiger partial charge on any atom is -0.369 e. The van der Waals surface area contributed by atoms with Crippen molar-refractivity contribution in [3.8, 4) is 0 Å². The molecule has 1 rings (SSSR count). The molecule has 0 fully saturated rings. The van der Waals surface area contributed by atoms with Gasteiger partial charge in [-0.3, -0.25) is 4.79 Å². The van der Waals surface area contributed by atoms with Crippen molar-refractivity contribution in [3.05, 3.63) is 23.9 Å². The van der Waals surface area contributed by atoms with E-state index in [1.807, 2.05) is 19.1 Å². The van der Waals surface area contributed by atoms with Gasteiger partial charge in [0.25, 0.3) is 0 Å². The van der Waals surface area contributed by atoms with Crippen LogP contribution in [-0.2, 0) is 4.79 Å². The SMILES string of the molecule is Cc1cccnc1NCC(C)(C)C(N)=O. The van der Waals surface area contributed by atoms with E-state index in [-0.39, 0.29) is 5.91 Å². The number of pyridine rings is 1. The molecule has 0 saturated heterocycles. The van der Waals surface area contributed by atoms with E-state index in [9.17, 15) is 4.79 Å². The number of rotatable bonds is 4. The molecule has 1 heterocycles. The number of carbonyl (C=O) groups is 1. The molecule has 4 nitrogen and oxygen atoms in total. The predicted molar refractivity (Wildman–Crippen MR) is 60.4 cm³/mol. The Balaban J connectivity index is 2.66. The maximum absolute atomic E-state index is 11.1. The Morgan fingerprint density at radius 2 is 2.27 bits per heavy atom. The normalized spacial score (nSPS) is 11.1. The third-order valence-corrected chi connectivity index (χ3v) is 2.37. The summed E-state index contributed by atoms with van der Waals surface area (Å²) in [5.74, 6) is 0.482. The number of carbonyl (C=O) groups excluding carboxylic acids is 1. The van der Waals surface area contributed by atoms with E-state index >= 15 is 0 Å². The highest BCUT2D eigenvalue weighted by Crippen LogP contribution is 2.16. The molecule has 3 N–H and O–H groups in total. The molecule has 1 aromatic heterocycles. The molecule has 4 heteroatoms. The fourth-order valence-corrected chi connectivity index (χ4v) is 1.06. The molecule has 0 aliphatic carbocycles. The third kappa shape index (κ3) is 2.94. The number of nitrogens with two attached hydrogens (primary N) is 1. The first-order chi connectivity index (χ1) is 6.93. The van der Waals surface area contributed by atoms with Gasteiger partial charge in [-0.2, -0.15) is 0 Å². The first-order valence-electron chi connectivity index (χ1n) is 4.89. The smallest absolute Gasteiger partial charge is 0.224 e. The average molecular weight is 207 g/mol. The van der Waals surface area contributed by atoms with Gasteiger partial charge < -0.3 is 11.1 Å². The molecule has 1 aromatic rings. The molecule has 0 aliphatic rings. The standard InChI is InChI=1S/C11H17N3O/c1-8-5-4-6-13-9(8)14-7-11(2,3)10(12)15/h4-6H,7H2,1-3H3,(H2,12,15)(H,13,14). The number of hydrogen-bond acceptors (Lipinski definition) is 3. The lowest BCUT2D eigenvalue weighted by Crippen LogP contribution is -2.37. The predicted octanol–water partition coefficient (Wildman–Crippen LogP) is 1.31. The molecule has 82 valence electrons. The Hall–Kier alpha value is -1.58. The topological polar surface area (TPSA) is 68.0 Å². The summed E-state index contributed by atoms with van der Waals surface area (Å²) in [6.07, 6.45) is 1.71. The fourth-order valence-electron chi connectivity index (χ4n) is 1.06. The summed E-state index contributed by atoms with van der Waals surface area (Å²) in [6.45, 7) is 6.06. The van der Waals surface area contributed by atoms with Crippen LogP contribution in [0, 0.1) is 12.3 Å². The molecule has 15 heavy (non-hydrogen) atoms. The van der Waals surface area contributed by atoms with Crippen LogP contribution in [0.15, 0.2) is 18.3 Å². The minimum atomic E-state index is -0.566. The first-order valence-corrected chi connectivity index (χ1v) is 4.89. The third-order valence-electron chi connectivity index (χ3n) is 2.37. The number of hydrogen-bond donors (Lipinski definition) is 2. The molecular formula is C11H17N3O. The zero-order chi connectivity index (χ0) is 11.5. The van der Waals surface area contributed by atoms with Crippen LogP contribution >= 0.6 is 0 Å². The van der Waals surface area contributed by atoms with E-state index in [0.717, 1.165) is 11.4 Å².